The van der Waals surface area contributed by atoms with Gasteiger partial charge in [0.15, 0.2) is 0 Å². The second kappa shape index (κ2) is 6.99. The molecule has 2 aromatic rings. The Morgan fingerprint density at radius 1 is 0.950 bits per heavy atom. The molecule has 106 valence electrons. The Bertz CT molecular complexity index is 531. The summed E-state index contributed by atoms with van der Waals surface area (Å²) in [6.45, 7) is 3.21. The maximum absolute atomic E-state index is 5.82. The first-order valence-electron chi connectivity index (χ1n) is 7.33. The highest BCUT2D eigenvalue weighted by atomic mass is 15.1. The standard InChI is InChI=1S/C18H24N2/c1-3-5-15-8-10-16(11-9-15)12-13-20(2)18-7-4-6-17(19)14-18/h4,6-11,14H,3,5,12-13,19H2,1-2H3. The van der Waals surface area contributed by atoms with Crippen LogP contribution in [0, 0.1) is 0 Å². The quantitative estimate of drug-likeness (QED) is 0.805. The molecule has 0 radical (unpaired) electrons. The number of nitrogens with zero attached hydrogens (tertiary/aromatic N) is 1. The molecule has 20 heavy (non-hydrogen) atoms. The molecule has 0 saturated carbocycles. The summed E-state index contributed by atoms with van der Waals surface area (Å²) in [4.78, 5) is 2.25. The van der Waals surface area contributed by atoms with E-state index in [0.29, 0.717) is 0 Å². The molecule has 0 aliphatic carbocycles. The van der Waals surface area contributed by atoms with Crippen molar-refractivity contribution in [2.75, 3.05) is 24.2 Å². The molecule has 2 nitrogen and oxygen atoms in total. The van der Waals surface area contributed by atoms with Crippen molar-refractivity contribution in [3.63, 3.8) is 0 Å². The van der Waals surface area contributed by atoms with Crippen LogP contribution in [0.3, 0.4) is 0 Å². The monoisotopic (exact) mass is 268 g/mol. The van der Waals surface area contributed by atoms with E-state index in [2.05, 4.69) is 49.2 Å². The van der Waals surface area contributed by atoms with Gasteiger partial charge in [-0.05, 0) is 42.2 Å². The lowest BCUT2D eigenvalue weighted by molar-refractivity contribution is 0.873. The lowest BCUT2D eigenvalue weighted by Gasteiger charge is -2.19. The third kappa shape index (κ3) is 4.02. The van der Waals surface area contributed by atoms with Crippen LogP contribution in [0.25, 0.3) is 0 Å². The Labute approximate surface area is 122 Å². The van der Waals surface area contributed by atoms with E-state index in [-0.39, 0.29) is 0 Å². The normalized spacial score (nSPS) is 10.5. The number of hydrogen-bond acceptors (Lipinski definition) is 2. The molecule has 0 atom stereocenters. The Kier molecular flexibility index (Phi) is 5.05. The third-order valence-corrected chi connectivity index (χ3v) is 3.61. The van der Waals surface area contributed by atoms with Gasteiger partial charge in [-0.15, -0.1) is 0 Å². The van der Waals surface area contributed by atoms with E-state index in [0.717, 1.165) is 18.7 Å². The van der Waals surface area contributed by atoms with Crippen LogP contribution in [-0.4, -0.2) is 13.6 Å². The molecule has 0 amide bonds. The number of benzene rings is 2. The summed E-state index contributed by atoms with van der Waals surface area (Å²) >= 11 is 0. The maximum Gasteiger partial charge on any atom is 0.0384 e. The average molecular weight is 268 g/mol. The molecular weight excluding hydrogens is 244 g/mol. The summed E-state index contributed by atoms with van der Waals surface area (Å²) in [5.74, 6) is 0. The van der Waals surface area contributed by atoms with Gasteiger partial charge in [-0.1, -0.05) is 43.7 Å². The number of anilines is 2. The number of likely N-dealkylation sites (N-methyl/N-ethyl adjacent to an activating group) is 1. The topological polar surface area (TPSA) is 29.3 Å². The number of nitrogen functional groups attached to an aromatic ring is 1. The van der Waals surface area contributed by atoms with E-state index in [4.69, 9.17) is 5.73 Å². The van der Waals surface area contributed by atoms with E-state index < -0.39 is 0 Å². The zero-order chi connectivity index (χ0) is 14.4. The second-order valence-electron chi connectivity index (χ2n) is 5.33. The fourth-order valence-corrected chi connectivity index (χ4v) is 2.35. The predicted octanol–water partition coefficient (Wildman–Crippen LogP) is 3.90. The summed E-state index contributed by atoms with van der Waals surface area (Å²) in [6.07, 6.45) is 3.43. The fraction of sp³-hybridized carbons (Fsp3) is 0.333. The number of rotatable bonds is 6. The molecule has 0 saturated heterocycles. The van der Waals surface area contributed by atoms with Crippen molar-refractivity contribution in [1.82, 2.24) is 0 Å². The minimum atomic E-state index is 0.818. The van der Waals surface area contributed by atoms with Gasteiger partial charge in [-0.3, -0.25) is 0 Å². The summed E-state index contributed by atoms with van der Waals surface area (Å²) in [5, 5.41) is 0. The highest BCUT2D eigenvalue weighted by molar-refractivity contribution is 5.55. The van der Waals surface area contributed by atoms with Crippen molar-refractivity contribution >= 4 is 11.4 Å². The molecule has 0 aliphatic rings. The Hall–Kier alpha value is -1.96. The molecule has 2 rings (SSSR count). The lowest BCUT2D eigenvalue weighted by Crippen LogP contribution is -2.20. The Balaban J connectivity index is 1.91. The van der Waals surface area contributed by atoms with E-state index in [1.807, 2.05) is 18.2 Å². The number of aryl methyl sites for hydroxylation is 1. The van der Waals surface area contributed by atoms with E-state index in [9.17, 15) is 0 Å². The summed E-state index contributed by atoms with van der Waals surface area (Å²) in [5.41, 5.74) is 10.6. The van der Waals surface area contributed by atoms with Gasteiger partial charge in [-0.25, -0.2) is 0 Å². The fourth-order valence-electron chi connectivity index (χ4n) is 2.35. The predicted molar refractivity (Wildman–Crippen MR) is 88.3 cm³/mol. The molecule has 0 heterocycles. The van der Waals surface area contributed by atoms with Crippen molar-refractivity contribution in [1.29, 1.82) is 0 Å². The van der Waals surface area contributed by atoms with Crippen molar-refractivity contribution in [3.05, 3.63) is 59.7 Å². The molecule has 2 N–H and O–H groups in total. The van der Waals surface area contributed by atoms with Gasteiger partial charge in [-0.2, -0.15) is 0 Å². The summed E-state index contributed by atoms with van der Waals surface area (Å²) < 4.78 is 0. The first-order valence-corrected chi connectivity index (χ1v) is 7.33. The largest absolute Gasteiger partial charge is 0.399 e. The lowest BCUT2D eigenvalue weighted by atomic mass is 10.1. The van der Waals surface area contributed by atoms with Crippen molar-refractivity contribution in [2.45, 2.75) is 26.2 Å². The van der Waals surface area contributed by atoms with Crippen LogP contribution in [0.2, 0.25) is 0 Å². The first-order chi connectivity index (χ1) is 9.69. The van der Waals surface area contributed by atoms with Crippen molar-refractivity contribution in [3.8, 4) is 0 Å². The van der Waals surface area contributed by atoms with Crippen LogP contribution >= 0.6 is 0 Å². The molecule has 0 bridgehead atoms. The average Bonchev–Trinajstić information content (AvgIpc) is 2.46. The van der Waals surface area contributed by atoms with Crippen LogP contribution in [-0.2, 0) is 12.8 Å². The second-order valence-corrected chi connectivity index (χ2v) is 5.33. The van der Waals surface area contributed by atoms with Gasteiger partial charge < -0.3 is 10.6 Å². The minimum Gasteiger partial charge on any atom is -0.399 e. The van der Waals surface area contributed by atoms with Gasteiger partial charge in [0.25, 0.3) is 0 Å². The van der Waals surface area contributed by atoms with Crippen LogP contribution in [0.4, 0.5) is 11.4 Å². The summed E-state index contributed by atoms with van der Waals surface area (Å²) in [6, 6.07) is 17.0. The maximum atomic E-state index is 5.82. The minimum absolute atomic E-state index is 0.818. The van der Waals surface area contributed by atoms with Crippen molar-refractivity contribution in [2.24, 2.45) is 0 Å². The highest BCUT2D eigenvalue weighted by Gasteiger charge is 2.02. The van der Waals surface area contributed by atoms with Crippen LogP contribution in [0.1, 0.15) is 24.5 Å². The Morgan fingerprint density at radius 2 is 1.60 bits per heavy atom. The van der Waals surface area contributed by atoms with E-state index in [1.54, 1.807) is 0 Å². The smallest absolute Gasteiger partial charge is 0.0384 e. The molecular formula is C18H24N2. The van der Waals surface area contributed by atoms with Crippen LogP contribution < -0.4 is 10.6 Å². The summed E-state index contributed by atoms with van der Waals surface area (Å²) in [7, 11) is 2.11. The highest BCUT2D eigenvalue weighted by Crippen LogP contribution is 2.16. The van der Waals surface area contributed by atoms with Crippen LogP contribution in [0.15, 0.2) is 48.5 Å². The molecule has 0 spiro atoms. The molecule has 0 aromatic heterocycles. The van der Waals surface area contributed by atoms with Crippen LogP contribution in [0.5, 0.6) is 0 Å². The van der Waals surface area contributed by atoms with Gasteiger partial charge in [0, 0.05) is 25.0 Å². The molecule has 2 aromatic carbocycles. The van der Waals surface area contributed by atoms with E-state index in [1.165, 1.54) is 29.7 Å². The molecule has 0 fully saturated rings. The zero-order valence-electron chi connectivity index (χ0n) is 12.5. The van der Waals surface area contributed by atoms with Gasteiger partial charge >= 0.3 is 0 Å². The molecule has 2 heteroatoms. The van der Waals surface area contributed by atoms with Crippen molar-refractivity contribution < 1.29 is 0 Å². The number of nitrogens with two attached hydrogens (primary N) is 1. The molecule has 0 aliphatic heterocycles. The molecule has 0 unspecified atom stereocenters. The third-order valence-electron chi connectivity index (χ3n) is 3.61. The van der Waals surface area contributed by atoms with Gasteiger partial charge in [0.1, 0.15) is 0 Å². The van der Waals surface area contributed by atoms with Gasteiger partial charge in [0.05, 0.1) is 0 Å². The SMILES string of the molecule is CCCc1ccc(CCN(C)c2cccc(N)c2)cc1. The first kappa shape index (κ1) is 14.4. The van der Waals surface area contributed by atoms with Gasteiger partial charge in [0.2, 0.25) is 0 Å². The van der Waals surface area contributed by atoms with E-state index >= 15 is 0 Å². The Morgan fingerprint density at radius 3 is 2.20 bits per heavy atom. The number of hydrogen-bond donors (Lipinski definition) is 1. The zero-order valence-corrected chi connectivity index (χ0v) is 12.5.